The molecule has 0 aliphatic heterocycles. The van der Waals surface area contributed by atoms with E-state index in [1.807, 2.05) is 12.3 Å². The Morgan fingerprint density at radius 1 is 0.958 bits per heavy atom. The van der Waals surface area contributed by atoms with E-state index in [4.69, 9.17) is 0 Å². The van der Waals surface area contributed by atoms with E-state index in [1.54, 1.807) is 0 Å². The average molecular weight is 315 g/mol. The molecule has 0 radical (unpaired) electrons. The standard InChI is InChI=1S/C22H23N2/c1-14-8-9-20(24(5)13-14)17-12-18-16-7-6-10-23-21(16)22(3,4)19(18)11-15(17)2/h6-13H,1-5H3/q+1. The van der Waals surface area contributed by atoms with Crippen LogP contribution in [0.1, 0.15) is 36.2 Å². The summed E-state index contributed by atoms with van der Waals surface area (Å²) in [6.45, 7) is 8.89. The smallest absolute Gasteiger partial charge is 0.212 e. The van der Waals surface area contributed by atoms with Crippen LogP contribution in [0, 0.1) is 13.8 Å². The first kappa shape index (κ1) is 15.1. The Hall–Kier alpha value is -2.48. The van der Waals surface area contributed by atoms with Gasteiger partial charge < -0.3 is 0 Å². The summed E-state index contributed by atoms with van der Waals surface area (Å²) in [5.41, 5.74) is 10.3. The summed E-state index contributed by atoms with van der Waals surface area (Å²) in [4.78, 5) is 4.68. The van der Waals surface area contributed by atoms with Gasteiger partial charge in [0, 0.05) is 34.4 Å². The minimum Gasteiger partial charge on any atom is -0.260 e. The number of benzene rings is 1. The molecule has 0 fully saturated rings. The second-order valence-corrected chi connectivity index (χ2v) is 7.44. The lowest BCUT2D eigenvalue weighted by molar-refractivity contribution is -0.660. The highest BCUT2D eigenvalue weighted by Crippen LogP contribution is 2.49. The Labute approximate surface area is 143 Å². The molecule has 0 N–H and O–H groups in total. The summed E-state index contributed by atoms with van der Waals surface area (Å²) in [5, 5.41) is 0. The van der Waals surface area contributed by atoms with E-state index in [1.165, 1.54) is 44.8 Å². The first-order valence-corrected chi connectivity index (χ1v) is 8.47. The van der Waals surface area contributed by atoms with Crippen LogP contribution in [0.5, 0.6) is 0 Å². The van der Waals surface area contributed by atoms with Crippen molar-refractivity contribution in [3.63, 3.8) is 0 Å². The van der Waals surface area contributed by atoms with Crippen molar-refractivity contribution in [2.24, 2.45) is 7.05 Å². The lowest BCUT2D eigenvalue weighted by atomic mass is 9.83. The highest BCUT2D eigenvalue weighted by Gasteiger charge is 2.37. The first-order chi connectivity index (χ1) is 11.4. The van der Waals surface area contributed by atoms with E-state index < -0.39 is 0 Å². The topological polar surface area (TPSA) is 16.8 Å². The minimum atomic E-state index is -0.0370. The normalized spacial score (nSPS) is 14.4. The van der Waals surface area contributed by atoms with Crippen LogP contribution in [-0.4, -0.2) is 4.98 Å². The molecule has 0 unspecified atom stereocenters. The van der Waals surface area contributed by atoms with Gasteiger partial charge in [-0.05, 0) is 48.7 Å². The van der Waals surface area contributed by atoms with E-state index in [-0.39, 0.29) is 5.41 Å². The number of fused-ring (bicyclic) bond motifs is 3. The average Bonchev–Trinajstić information content (AvgIpc) is 2.76. The van der Waals surface area contributed by atoms with Gasteiger partial charge in [0.05, 0.1) is 5.69 Å². The van der Waals surface area contributed by atoms with Crippen LogP contribution in [0.15, 0.2) is 48.8 Å². The molecule has 0 saturated heterocycles. The summed E-state index contributed by atoms with van der Waals surface area (Å²) < 4.78 is 2.22. The fourth-order valence-electron chi connectivity index (χ4n) is 4.00. The fraction of sp³-hybridized carbons (Fsp3) is 0.273. The van der Waals surface area contributed by atoms with Gasteiger partial charge in [0.1, 0.15) is 7.05 Å². The summed E-state index contributed by atoms with van der Waals surface area (Å²) in [6, 6.07) is 13.3. The highest BCUT2D eigenvalue weighted by molar-refractivity contribution is 5.83. The molecule has 24 heavy (non-hydrogen) atoms. The number of aryl methyl sites for hydroxylation is 3. The zero-order valence-electron chi connectivity index (χ0n) is 15.0. The Bertz CT molecular complexity index is 968. The SMILES string of the molecule is Cc1ccc(-c2cc3c(cc2C)C(C)(C)c2ncccc2-3)[n+](C)c1. The second-order valence-electron chi connectivity index (χ2n) is 7.44. The number of hydrogen-bond acceptors (Lipinski definition) is 1. The molecule has 3 aromatic rings. The van der Waals surface area contributed by atoms with Crippen LogP contribution >= 0.6 is 0 Å². The maximum atomic E-state index is 4.68. The quantitative estimate of drug-likeness (QED) is 0.604. The molecule has 0 saturated carbocycles. The molecular weight excluding hydrogens is 292 g/mol. The van der Waals surface area contributed by atoms with E-state index in [0.717, 1.165) is 0 Å². The van der Waals surface area contributed by atoms with E-state index >= 15 is 0 Å². The number of rotatable bonds is 1. The van der Waals surface area contributed by atoms with Gasteiger partial charge in [0.25, 0.3) is 0 Å². The van der Waals surface area contributed by atoms with Crippen molar-refractivity contribution in [2.45, 2.75) is 33.1 Å². The Kier molecular flexibility index (Phi) is 3.14. The zero-order valence-corrected chi connectivity index (χ0v) is 15.0. The maximum absolute atomic E-state index is 4.68. The Morgan fingerprint density at radius 2 is 1.75 bits per heavy atom. The summed E-state index contributed by atoms with van der Waals surface area (Å²) in [6.07, 6.45) is 4.08. The molecule has 1 aromatic carbocycles. The monoisotopic (exact) mass is 315 g/mol. The molecule has 0 spiro atoms. The van der Waals surface area contributed by atoms with Crippen molar-refractivity contribution in [3.05, 3.63) is 71.2 Å². The molecule has 2 nitrogen and oxygen atoms in total. The van der Waals surface area contributed by atoms with Crippen LogP contribution < -0.4 is 4.57 Å². The van der Waals surface area contributed by atoms with Gasteiger partial charge in [0.15, 0.2) is 6.20 Å². The van der Waals surface area contributed by atoms with Crippen molar-refractivity contribution in [2.75, 3.05) is 0 Å². The number of nitrogens with zero attached hydrogens (tertiary/aromatic N) is 2. The van der Waals surface area contributed by atoms with Gasteiger partial charge in [-0.3, -0.25) is 4.98 Å². The Balaban J connectivity index is 2.00. The third-order valence-corrected chi connectivity index (χ3v) is 5.29. The zero-order chi connectivity index (χ0) is 17.1. The molecule has 0 amide bonds. The largest absolute Gasteiger partial charge is 0.260 e. The molecule has 0 atom stereocenters. The van der Waals surface area contributed by atoms with Gasteiger partial charge in [-0.15, -0.1) is 0 Å². The Morgan fingerprint density at radius 3 is 2.50 bits per heavy atom. The molecule has 1 aliphatic carbocycles. The van der Waals surface area contributed by atoms with Gasteiger partial charge in [-0.25, -0.2) is 4.57 Å². The van der Waals surface area contributed by atoms with Crippen LogP contribution in [0.3, 0.4) is 0 Å². The molecular formula is C22H23N2+. The predicted molar refractivity (Wildman–Crippen MR) is 97.9 cm³/mol. The van der Waals surface area contributed by atoms with E-state index in [0.29, 0.717) is 0 Å². The number of pyridine rings is 2. The van der Waals surface area contributed by atoms with E-state index in [9.17, 15) is 0 Å². The molecule has 2 heterocycles. The second kappa shape index (κ2) is 5.01. The van der Waals surface area contributed by atoms with E-state index in [2.05, 4.69) is 80.8 Å². The van der Waals surface area contributed by atoms with Gasteiger partial charge in [-0.2, -0.15) is 0 Å². The van der Waals surface area contributed by atoms with Crippen molar-refractivity contribution in [3.8, 4) is 22.4 Å². The number of hydrogen-bond donors (Lipinski definition) is 0. The molecule has 2 heteroatoms. The van der Waals surface area contributed by atoms with Crippen molar-refractivity contribution in [1.29, 1.82) is 0 Å². The fourth-order valence-corrected chi connectivity index (χ4v) is 4.00. The third kappa shape index (κ3) is 2.02. The van der Waals surface area contributed by atoms with Crippen LogP contribution in [0.2, 0.25) is 0 Å². The third-order valence-electron chi connectivity index (χ3n) is 5.29. The highest BCUT2D eigenvalue weighted by atomic mass is 14.9. The predicted octanol–water partition coefficient (Wildman–Crippen LogP) is 4.50. The summed E-state index contributed by atoms with van der Waals surface area (Å²) in [5.74, 6) is 0. The minimum absolute atomic E-state index is 0.0370. The van der Waals surface area contributed by atoms with Gasteiger partial charge in [0.2, 0.25) is 5.69 Å². The van der Waals surface area contributed by atoms with Crippen molar-refractivity contribution < 1.29 is 4.57 Å². The summed E-state index contributed by atoms with van der Waals surface area (Å²) in [7, 11) is 2.12. The summed E-state index contributed by atoms with van der Waals surface area (Å²) >= 11 is 0. The molecule has 120 valence electrons. The van der Waals surface area contributed by atoms with Gasteiger partial charge >= 0.3 is 0 Å². The number of aromatic nitrogens is 2. The first-order valence-electron chi connectivity index (χ1n) is 8.47. The van der Waals surface area contributed by atoms with Crippen LogP contribution in [-0.2, 0) is 12.5 Å². The van der Waals surface area contributed by atoms with Gasteiger partial charge in [-0.1, -0.05) is 26.0 Å². The maximum Gasteiger partial charge on any atom is 0.212 e. The molecule has 0 bridgehead atoms. The molecule has 2 aromatic heterocycles. The lowest BCUT2D eigenvalue weighted by Crippen LogP contribution is -2.31. The lowest BCUT2D eigenvalue weighted by Gasteiger charge is -2.20. The molecule has 1 aliphatic rings. The van der Waals surface area contributed by atoms with Crippen molar-refractivity contribution >= 4 is 0 Å². The van der Waals surface area contributed by atoms with Crippen LogP contribution in [0.4, 0.5) is 0 Å². The van der Waals surface area contributed by atoms with Crippen molar-refractivity contribution in [1.82, 2.24) is 4.98 Å². The molecule has 4 rings (SSSR count). The van der Waals surface area contributed by atoms with Crippen LogP contribution in [0.25, 0.3) is 22.4 Å².